The number of nitrogens with zero attached hydrogens (tertiary/aromatic N) is 6. The van der Waals surface area contributed by atoms with Crippen molar-refractivity contribution in [1.82, 2.24) is 30.0 Å². The Labute approximate surface area is 102 Å². The number of tetrazole rings is 1. The third-order valence-corrected chi connectivity index (χ3v) is 3.50. The second-order valence-corrected chi connectivity index (χ2v) is 4.44. The number of hydrogen-bond donors (Lipinski definition) is 1. The quantitative estimate of drug-likeness (QED) is 0.823. The van der Waals surface area contributed by atoms with Crippen LogP contribution in [-0.2, 0) is 17.4 Å². The molecule has 1 saturated carbocycles. The second-order valence-electron chi connectivity index (χ2n) is 4.44. The maximum absolute atomic E-state index is 11.5. The Morgan fingerprint density at radius 3 is 2.78 bits per heavy atom. The standard InChI is InChI=1S/C10H12N6O2/c1-15-7(3-6-11-15)8-12-13-14-16(8)10(9(17)18)4-2-5-10/h3,6H,2,4-5H2,1H3,(H,17,18). The van der Waals surface area contributed by atoms with Gasteiger partial charge in [0.1, 0.15) is 5.69 Å². The molecule has 8 heteroatoms. The number of carboxylic acids is 1. The number of hydrogen-bond acceptors (Lipinski definition) is 5. The Bertz CT molecular complexity index is 597. The van der Waals surface area contributed by atoms with Crippen molar-refractivity contribution in [1.29, 1.82) is 0 Å². The van der Waals surface area contributed by atoms with Crippen LogP contribution in [-0.4, -0.2) is 41.1 Å². The summed E-state index contributed by atoms with van der Waals surface area (Å²) in [6.45, 7) is 0. The van der Waals surface area contributed by atoms with Gasteiger partial charge in [0.05, 0.1) is 0 Å². The summed E-state index contributed by atoms with van der Waals surface area (Å²) in [5, 5.41) is 24.9. The van der Waals surface area contributed by atoms with Gasteiger partial charge in [-0.15, -0.1) is 5.10 Å². The first-order chi connectivity index (χ1) is 8.65. The highest BCUT2D eigenvalue weighted by Gasteiger charge is 2.49. The molecule has 3 rings (SSSR count). The Kier molecular flexibility index (Phi) is 2.19. The van der Waals surface area contributed by atoms with Crippen LogP contribution in [0.1, 0.15) is 19.3 Å². The van der Waals surface area contributed by atoms with Crippen molar-refractivity contribution in [2.45, 2.75) is 24.8 Å². The van der Waals surface area contributed by atoms with E-state index in [2.05, 4.69) is 20.6 Å². The predicted molar refractivity (Wildman–Crippen MR) is 59.5 cm³/mol. The number of aliphatic carboxylic acids is 1. The zero-order chi connectivity index (χ0) is 12.8. The zero-order valence-corrected chi connectivity index (χ0v) is 9.81. The Morgan fingerprint density at radius 2 is 2.28 bits per heavy atom. The molecule has 0 radical (unpaired) electrons. The lowest BCUT2D eigenvalue weighted by atomic mass is 9.77. The van der Waals surface area contributed by atoms with Gasteiger partial charge >= 0.3 is 5.97 Å². The van der Waals surface area contributed by atoms with Crippen molar-refractivity contribution < 1.29 is 9.90 Å². The van der Waals surface area contributed by atoms with E-state index in [1.807, 2.05) is 0 Å². The summed E-state index contributed by atoms with van der Waals surface area (Å²) in [6.07, 6.45) is 3.61. The van der Waals surface area contributed by atoms with E-state index >= 15 is 0 Å². The molecule has 0 saturated heterocycles. The zero-order valence-electron chi connectivity index (χ0n) is 9.81. The van der Waals surface area contributed by atoms with E-state index in [1.54, 1.807) is 24.0 Å². The molecule has 2 heterocycles. The predicted octanol–water partition coefficient (Wildman–Crippen LogP) is 0.0374. The number of aromatic nitrogens is 6. The van der Waals surface area contributed by atoms with Crippen LogP contribution in [0, 0.1) is 0 Å². The van der Waals surface area contributed by atoms with Gasteiger partial charge in [-0.25, -0.2) is 9.48 Å². The van der Waals surface area contributed by atoms with Gasteiger partial charge in [-0.2, -0.15) is 5.10 Å². The molecule has 8 nitrogen and oxygen atoms in total. The van der Waals surface area contributed by atoms with Crippen molar-refractivity contribution in [3.8, 4) is 11.5 Å². The largest absolute Gasteiger partial charge is 0.479 e. The summed E-state index contributed by atoms with van der Waals surface area (Å²) >= 11 is 0. The first-order valence-electron chi connectivity index (χ1n) is 5.66. The van der Waals surface area contributed by atoms with E-state index in [1.165, 1.54) is 4.68 Å². The van der Waals surface area contributed by atoms with E-state index in [0.717, 1.165) is 6.42 Å². The fraction of sp³-hybridized carbons (Fsp3) is 0.500. The topological polar surface area (TPSA) is 98.7 Å². The SMILES string of the molecule is Cn1nccc1-c1nnnn1C1(C(=O)O)CCC1. The van der Waals surface area contributed by atoms with Crippen LogP contribution in [0.4, 0.5) is 0 Å². The van der Waals surface area contributed by atoms with Gasteiger partial charge in [0.2, 0.25) is 5.82 Å². The second kappa shape index (κ2) is 3.62. The van der Waals surface area contributed by atoms with Gasteiger partial charge in [0, 0.05) is 13.2 Å². The van der Waals surface area contributed by atoms with E-state index in [9.17, 15) is 9.90 Å². The molecule has 0 aliphatic heterocycles. The maximum atomic E-state index is 11.5. The van der Waals surface area contributed by atoms with Gasteiger partial charge < -0.3 is 5.11 Å². The molecule has 0 unspecified atom stereocenters. The molecule has 0 bridgehead atoms. The van der Waals surface area contributed by atoms with E-state index in [4.69, 9.17) is 0 Å². The summed E-state index contributed by atoms with van der Waals surface area (Å²) in [5.41, 5.74) is -0.296. The van der Waals surface area contributed by atoms with Crippen LogP contribution < -0.4 is 0 Å². The number of rotatable bonds is 3. The molecule has 94 valence electrons. The third kappa shape index (κ3) is 1.28. The van der Waals surface area contributed by atoms with Crippen LogP contribution in [0.2, 0.25) is 0 Å². The van der Waals surface area contributed by atoms with E-state index in [0.29, 0.717) is 24.4 Å². The molecule has 2 aromatic rings. The molecule has 0 amide bonds. The molecule has 2 aromatic heterocycles. The van der Waals surface area contributed by atoms with Crippen LogP contribution >= 0.6 is 0 Å². The lowest BCUT2D eigenvalue weighted by molar-refractivity contribution is -0.153. The third-order valence-electron chi connectivity index (χ3n) is 3.50. The minimum atomic E-state index is -0.997. The highest BCUT2D eigenvalue weighted by atomic mass is 16.4. The molecule has 1 fully saturated rings. The lowest BCUT2D eigenvalue weighted by Gasteiger charge is -2.37. The normalized spacial score (nSPS) is 17.4. The van der Waals surface area contributed by atoms with Crippen molar-refractivity contribution in [2.24, 2.45) is 7.05 Å². The Hall–Kier alpha value is -2.25. The van der Waals surface area contributed by atoms with Crippen molar-refractivity contribution in [3.63, 3.8) is 0 Å². The van der Waals surface area contributed by atoms with Crippen LogP contribution in [0.25, 0.3) is 11.5 Å². The minimum Gasteiger partial charge on any atom is -0.479 e. The number of aryl methyl sites for hydroxylation is 1. The van der Waals surface area contributed by atoms with Crippen LogP contribution in [0.3, 0.4) is 0 Å². The van der Waals surface area contributed by atoms with Crippen LogP contribution in [0.5, 0.6) is 0 Å². The molecular formula is C10H12N6O2. The molecule has 0 aromatic carbocycles. The van der Waals surface area contributed by atoms with Crippen molar-refractivity contribution in [2.75, 3.05) is 0 Å². The fourth-order valence-electron chi connectivity index (χ4n) is 2.26. The first kappa shape index (κ1) is 10.9. The van der Waals surface area contributed by atoms with E-state index in [-0.39, 0.29) is 0 Å². The summed E-state index contributed by atoms with van der Waals surface area (Å²) in [5.74, 6) is -0.443. The Morgan fingerprint density at radius 1 is 1.50 bits per heavy atom. The molecule has 1 N–H and O–H groups in total. The minimum absolute atomic E-state index is 0.442. The molecule has 1 aliphatic rings. The van der Waals surface area contributed by atoms with Gasteiger partial charge in [-0.1, -0.05) is 0 Å². The summed E-state index contributed by atoms with van der Waals surface area (Å²) < 4.78 is 3.03. The van der Waals surface area contributed by atoms with E-state index < -0.39 is 11.5 Å². The fourth-order valence-corrected chi connectivity index (χ4v) is 2.26. The van der Waals surface area contributed by atoms with Gasteiger partial charge in [-0.05, 0) is 35.8 Å². The van der Waals surface area contributed by atoms with Crippen molar-refractivity contribution in [3.05, 3.63) is 12.3 Å². The average Bonchev–Trinajstić information content (AvgIpc) is 2.84. The monoisotopic (exact) mass is 248 g/mol. The lowest BCUT2D eigenvalue weighted by Crippen LogP contribution is -2.48. The van der Waals surface area contributed by atoms with Gasteiger partial charge in [0.15, 0.2) is 5.54 Å². The summed E-state index contributed by atoms with van der Waals surface area (Å²) in [4.78, 5) is 11.5. The number of carboxylic acid groups (broad SMARTS) is 1. The average molecular weight is 248 g/mol. The first-order valence-corrected chi connectivity index (χ1v) is 5.66. The van der Waals surface area contributed by atoms with Crippen LogP contribution in [0.15, 0.2) is 12.3 Å². The molecule has 18 heavy (non-hydrogen) atoms. The van der Waals surface area contributed by atoms with Crippen molar-refractivity contribution >= 4 is 5.97 Å². The smallest absolute Gasteiger partial charge is 0.331 e. The molecular weight excluding hydrogens is 236 g/mol. The van der Waals surface area contributed by atoms with Gasteiger partial charge in [0.25, 0.3) is 0 Å². The molecule has 0 atom stereocenters. The summed E-state index contributed by atoms with van der Waals surface area (Å²) in [7, 11) is 1.77. The maximum Gasteiger partial charge on any atom is 0.331 e. The molecule has 0 spiro atoms. The highest BCUT2D eigenvalue weighted by Crippen LogP contribution is 2.40. The molecule has 1 aliphatic carbocycles. The highest BCUT2D eigenvalue weighted by molar-refractivity contribution is 5.78. The van der Waals surface area contributed by atoms with Gasteiger partial charge in [-0.3, -0.25) is 4.68 Å². The summed E-state index contributed by atoms with van der Waals surface area (Å²) in [6, 6.07) is 1.76. The number of carbonyl (C=O) groups is 1. The Balaban J connectivity index is 2.13.